The van der Waals surface area contributed by atoms with Crippen molar-refractivity contribution in [3.63, 3.8) is 0 Å². The number of anilines is 4. The SMILES string of the molecule is CN(C)CCN1CCN(c2cc3ncc(C#N)c(Nc4ccc(F)c(Cl)c4)c3cc2NCc2cnc[nH]2)CC1. The van der Waals surface area contributed by atoms with Crippen molar-refractivity contribution >= 4 is 45.3 Å². The lowest BCUT2D eigenvalue weighted by Gasteiger charge is -2.37. The zero-order chi connectivity index (χ0) is 27.4. The number of halogens is 2. The van der Waals surface area contributed by atoms with Gasteiger partial charge in [0.05, 0.1) is 51.7 Å². The number of aromatic amines is 1. The van der Waals surface area contributed by atoms with Gasteiger partial charge >= 0.3 is 0 Å². The Kier molecular flexibility index (Phi) is 8.12. The van der Waals surface area contributed by atoms with Gasteiger partial charge in [-0.25, -0.2) is 9.37 Å². The summed E-state index contributed by atoms with van der Waals surface area (Å²) in [6.45, 7) is 6.39. The minimum absolute atomic E-state index is 0.00536. The van der Waals surface area contributed by atoms with Crippen molar-refractivity contribution in [3.05, 3.63) is 71.2 Å². The van der Waals surface area contributed by atoms with Crippen molar-refractivity contribution in [3.8, 4) is 6.07 Å². The molecule has 2 aromatic carbocycles. The number of benzene rings is 2. The Labute approximate surface area is 232 Å². The first-order valence-corrected chi connectivity index (χ1v) is 13.2. The molecule has 3 heterocycles. The molecule has 0 amide bonds. The van der Waals surface area contributed by atoms with E-state index >= 15 is 0 Å². The molecule has 39 heavy (non-hydrogen) atoms. The minimum atomic E-state index is -0.501. The van der Waals surface area contributed by atoms with Crippen LogP contribution >= 0.6 is 11.6 Å². The number of aromatic nitrogens is 3. The number of H-pyrrole nitrogens is 1. The second kappa shape index (κ2) is 11.9. The van der Waals surface area contributed by atoms with Crippen LogP contribution in [-0.4, -0.2) is 78.1 Å². The predicted molar refractivity (Wildman–Crippen MR) is 154 cm³/mol. The number of pyridine rings is 1. The first kappa shape index (κ1) is 26.7. The third-order valence-electron chi connectivity index (χ3n) is 6.90. The Morgan fingerprint density at radius 2 is 1.97 bits per heavy atom. The van der Waals surface area contributed by atoms with E-state index in [2.05, 4.69) is 66.5 Å². The first-order chi connectivity index (χ1) is 18.9. The Hall–Kier alpha value is -3.91. The third-order valence-corrected chi connectivity index (χ3v) is 7.19. The molecule has 5 rings (SSSR count). The molecule has 0 spiro atoms. The van der Waals surface area contributed by atoms with Crippen molar-refractivity contribution in [2.45, 2.75) is 6.54 Å². The Bertz CT molecular complexity index is 1470. The Balaban J connectivity index is 1.51. The van der Waals surface area contributed by atoms with E-state index in [1.54, 1.807) is 24.8 Å². The van der Waals surface area contributed by atoms with Crippen LogP contribution in [0.15, 0.2) is 49.1 Å². The summed E-state index contributed by atoms with van der Waals surface area (Å²) in [5.41, 5.74) is 5.24. The van der Waals surface area contributed by atoms with Crippen LogP contribution in [0.3, 0.4) is 0 Å². The summed E-state index contributed by atoms with van der Waals surface area (Å²) in [7, 11) is 4.20. The van der Waals surface area contributed by atoms with Crippen molar-refractivity contribution in [2.75, 3.05) is 68.9 Å². The zero-order valence-corrected chi connectivity index (χ0v) is 22.8. The summed E-state index contributed by atoms with van der Waals surface area (Å²) in [4.78, 5) is 19.0. The third kappa shape index (κ3) is 6.23. The molecule has 202 valence electrons. The van der Waals surface area contributed by atoms with Crippen LogP contribution in [0.4, 0.5) is 27.1 Å². The first-order valence-electron chi connectivity index (χ1n) is 12.8. The largest absolute Gasteiger partial charge is 0.378 e. The molecular formula is C28H31ClFN9. The van der Waals surface area contributed by atoms with E-state index < -0.39 is 5.82 Å². The van der Waals surface area contributed by atoms with Crippen molar-refractivity contribution in [1.82, 2.24) is 24.8 Å². The fourth-order valence-electron chi connectivity index (χ4n) is 4.69. The van der Waals surface area contributed by atoms with E-state index in [0.717, 1.165) is 67.2 Å². The number of imidazole rings is 1. The number of nitrogens with zero attached hydrogens (tertiary/aromatic N) is 6. The van der Waals surface area contributed by atoms with Crippen molar-refractivity contribution in [2.24, 2.45) is 0 Å². The average molecular weight is 548 g/mol. The molecule has 1 saturated heterocycles. The molecule has 0 bridgehead atoms. The van der Waals surface area contributed by atoms with Gasteiger partial charge in [0.2, 0.25) is 0 Å². The van der Waals surface area contributed by atoms with Crippen LogP contribution in [0.2, 0.25) is 5.02 Å². The maximum absolute atomic E-state index is 13.8. The number of nitrogens with one attached hydrogen (secondary N) is 3. The number of piperazine rings is 1. The number of hydrogen-bond donors (Lipinski definition) is 3. The molecule has 11 heteroatoms. The smallest absolute Gasteiger partial charge is 0.141 e. The molecule has 0 atom stereocenters. The van der Waals surface area contributed by atoms with Gasteiger partial charge in [-0.1, -0.05) is 11.6 Å². The fraction of sp³-hybridized carbons (Fsp3) is 0.321. The Morgan fingerprint density at radius 1 is 1.15 bits per heavy atom. The van der Waals surface area contributed by atoms with Gasteiger partial charge in [0, 0.05) is 62.7 Å². The lowest BCUT2D eigenvalue weighted by molar-refractivity contribution is 0.229. The maximum Gasteiger partial charge on any atom is 0.141 e. The van der Waals surface area contributed by atoms with Crippen LogP contribution in [0.25, 0.3) is 10.9 Å². The number of rotatable bonds is 9. The van der Waals surface area contributed by atoms with Gasteiger partial charge in [-0.3, -0.25) is 9.88 Å². The van der Waals surface area contributed by atoms with E-state index in [9.17, 15) is 9.65 Å². The summed E-state index contributed by atoms with van der Waals surface area (Å²) >= 11 is 6.02. The highest BCUT2D eigenvalue weighted by atomic mass is 35.5. The second-order valence-electron chi connectivity index (χ2n) is 9.86. The quantitative estimate of drug-likeness (QED) is 0.278. The van der Waals surface area contributed by atoms with E-state index in [0.29, 0.717) is 23.5 Å². The molecule has 0 radical (unpaired) electrons. The van der Waals surface area contributed by atoms with Crippen molar-refractivity contribution in [1.29, 1.82) is 5.26 Å². The van der Waals surface area contributed by atoms with E-state index in [1.165, 1.54) is 12.1 Å². The molecule has 1 fully saturated rings. The molecule has 2 aromatic heterocycles. The summed E-state index contributed by atoms with van der Waals surface area (Å²) in [6, 6.07) is 10.7. The average Bonchev–Trinajstić information content (AvgIpc) is 3.46. The summed E-state index contributed by atoms with van der Waals surface area (Å²) in [5, 5.41) is 17.5. The van der Waals surface area contributed by atoms with Gasteiger partial charge in [0.15, 0.2) is 0 Å². The fourth-order valence-corrected chi connectivity index (χ4v) is 4.88. The van der Waals surface area contributed by atoms with E-state index in [1.807, 2.05) is 6.07 Å². The summed E-state index contributed by atoms with van der Waals surface area (Å²) in [5.74, 6) is -0.501. The monoisotopic (exact) mass is 547 g/mol. The second-order valence-corrected chi connectivity index (χ2v) is 10.3. The molecule has 0 unspecified atom stereocenters. The molecule has 9 nitrogen and oxygen atoms in total. The van der Waals surface area contributed by atoms with Gasteiger partial charge in [0.25, 0.3) is 0 Å². The highest BCUT2D eigenvalue weighted by Crippen LogP contribution is 2.37. The summed E-state index contributed by atoms with van der Waals surface area (Å²) in [6.07, 6.45) is 5.01. The number of fused-ring (bicyclic) bond motifs is 1. The topological polar surface area (TPSA) is 99.1 Å². The zero-order valence-electron chi connectivity index (χ0n) is 22.0. The van der Waals surface area contributed by atoms with Gasteiger partial charge in [-0.05, 0) is 44.4 Å². The van der Waals surface area contributed by atoms with Gasteiger partial charge < -0.3 is 25.4 Å². The number of hydrogen-bond acceptors (Lipinski definition) is 8. The standard InChI is InChI=1S/C28H31ClFN9/c1-37(2)5-6-38-7-9-39(10-8-38)27-13-25-22(12-26(27)34-17-21-16-32-18-35-21)28(19(14-31)15-33-25)36-20-3-4-24(30)23(29)11-20/h3-4,11-13,15-16,18,34H,5-10,17H2,1-2H3,(H,32,35)(H,33,36). The van der Waals surface area contributed by atoms with Gasteiger partial charge in [-0.15, -0.1) is 0 Å². The Morgan fingerprint density at radius 3 is 2.67 bits per heavy atom. The van der Waals surface area contributed by atoms with Crippen LogP contribution < -0.4 is 15.5 Å². The lowest BCUT2D eigenvalue weighted by Crippen LogP contribution is -2.48. The van der Waals surface area contributed by atoms with Crippen LogP contribution in [0.1, 0.15) is 11.3 Å². The molecule has 0 aliphatic carbocycles. The molecule has 1 aliphatic rings. The lowest BCUT2D eigenvalue weighted by atomic mass is 10.1. The van der Waals surface area contributed by atoms with E-state index in [4.69, 9.17) is 11.6 Å². The molecule has 1 aliphatic heterocycles. The van der Waals surface area contributed by atoms with Crippen LogP contribution in [-0.2, 0) is 6.54 Å². The number of nitriles is 1. The van der Waals surface area contributed by atoms with Crippen LogP contribution in [0.5, 0.6) is 0 Å². The van der Waals surface area contributed by atoms with Crippen molar-refractivity contribution < 1.29 is 4.39 Å². The number of likely N-dealkylation sites (N-methyl/N-ethyl adjacent to an activating group) is 1. The van der Waals surface area contributed by atoms with E-state index in [-0.39, 0.29) is 5.02 Å². The van der Waals surface area contributed by atoms with Gasteiger partial charge in [-0.2, -0.15) is 5.26 Å². The highest BCUT2D eigenvalue weighted by molar-refractivity contribution is 6.31. The summed E-state index contributed by atoms with van der Waals surface area (Å²) < 4.78 is 13.8. The highest BCUT2D eigenvalue weighted by Gasteiger charge is 2.22. The normalized spacial score (nSPS) is 14.1. The molecular weight excluding hydrogens is 517 g/mol. The van der Waals surface area contributed by atoms with Gasteiger partial charge in [0.1, 0.15) is 11.9 Å². The molecule has 3 N–H and O–H groups in total. The maximum atomic E-state index is 13.8. The van der Waals surface area contributed by atoms with Crippen LogP contribution in [0, 0.1) is 17.1 Å². The predicted octanol–water partition coefficient (Wildman–Crippen LogP) is 4.66. The molecule has 4 aromatic rings. The molecule has 0 saturated carbocycles. The minimum Gasteiger partial charge on any atom is -0.378 e.